The molecule has 4 nitrogen and oxygen atoms in total. The van der Waals surface area contributed by atoms with Crippen LogP contribution >= 0.6 is 11.8 Å². The zero-order chi connectivity index (χ0) is 15.3. The Labute approximate surface area is 129 Å². The van der Waals surface area contributed by atoms with Gasteiger partial charge in [-0.05, 0) is 56.3 Å². The molecule has 1 aromatic carbocycles. The number of nitrogens with zero attached hydrogens (tertiary/aromatic N) is 3. The molecule has 0 aliphatic heterocycles. The Hall–Kier alpha value is -1.90. The topological polar surface area (TPSA) is 61.6 Å². The van der Waals surface area contributed by atoms with Crippen molar-refractivity contribution < 1.29 is 0 Å². The fraction of sp³-hybridized carbons (Fsp3) is 0.312. The van der Waals surface area contributed by atoms with Gasteiger partial charge in [0, 0.05) is 29.4 Å². The first kappa shape index (κ1) is 15.5. The smallest absolute Gasteiger partial charge is 0.192 e. The van der Waals surface area contributed by atoms with Gasteiger partial charge in [0.2, 0.25) is 0 Å². The maximum Gasteiger partial charge on any atom is 0.192 e. The van der Waals surface area contributed by atoms with Crippen molar-refractivity contribution in [2.45, 2.75) is 42.9 Å². The summed E-state index contributed by atoms with van der Waals surface area (Å²) in [4.78, 5) is 9.22. The van der Waals surface area contributed by atoms with Crippen molar-refractivity contribution in [3.8, 4) is 6.07 Å². The standard InChI is InChI=1S/C16H18N4S/c1-16(2,3)20-11-12-5-6-14(13(9-12)10-17)21-15-18-7-4-8-19-15/h4-9,20H,11H2,1-3H3. The molecule has 0 aliphatic carbocycles. The summed E-state index contributed by atoms with van der Waals surface area (Å²) in [6.45, 7) is 7.10. The maximum atomic E-state index is 9.32. The number of hydrogen-bond donors (Lipinski definition) is 1. The number of benzene rings is 1. The van der Waals surface area contributed by atoms with Crippen molar-refractivity contribution in [3.05, 3.63) is 47.8 Å². The van der Waals surface area contributed by atoms with E-state index in [4.69, 9.17) is 0 Å². The quantitative estimate of drug-likeness (QED) is 0.877. The summed E-state index contributed by atoms with van der Waals surface area (Å²) in [5, 5.41) is 13.4. The Morgan fingerprint density at radius 1 is 1.24 bits per heavy atom. The normalized spacial score (nSPS) is 11.1. The van der Waals surface area contributed by atoms with E-state index in [0.29, 0.717) is 10.7 Å². The Bertz CT molecular complexity index is 642. The lowest BCUT2D eigenvalue weighted by Gasteiger charge is -2.20. The predicted molar refractivity (Wildman–Crippen MR) is 83.9 cm³/mol. The molecule has 1 aromatic heterocycles. The van der Waals surface area contributed by atoms with Crippen molar-refractivity contribution in [1.29, 1.82) is 5.26 Å². The Morgan fingerprint density at radius 3 is 2.57 bits per heavy atom. The number of hydrogen-bond acceptors (Lipinski definition) is 5. The van der Waals surface area contributed by atoms with E-state index in [1.54, 1.807) is 18.5 Å². The fourth-order valence-corrected chi connectivity index (χ4v) is 2.44. The van der Waals surface area contributed by atoms with Gasteiger partial charge in [-0.15, -0.1) is 0 Å². The van der Waals surface area contributed by atoms with Gasteiger partial charge < -0.3 is 5.32 Å². The van der Waals surface area contributed by atoms with Crippen LogP contribution in [0.5, 0.6) is 0 Å². The van der Waals surface area contributed by atoms with Crippen molar-refractivity contribution >= 4 is 11.8 Å². The summed E-state index contributed by atoms with van der Waals surface area (Å²) < 4.78 is 0. The molecule has 0 saturated carbocycles. The fourth-order valence-electron chi connectivity index (χ4n) is 1.67. The Balaban J connectivity index is 2.15. The van der Waals surface area contributed by atoms with Gasteiger partial charge >= 0.3 is 0 Å². The number of nitriles is 1. The van der Waals surface area contributed by atoms with Crippen LogP contribution in [0.3, 0.4) is 0 Å². The van der Waals surface area contributed by atoms with Crippen molar-refractivity contribution in [2.24, 2.45) is 0 Å². The van der Waals surface area contributed by atoms with Crippen LogP contribution in [0.1, 0.15) is 31.9 Å². The molecule has 0 radical (unpaired) electrons. The van der Waals surface area contributed by atoms with Gasteiger partial charge in [0.05, 0.1) is 5.56 Å². The maximum absolute atomic E-state index is 9.32. The molecule has 0 unspecified atom stereocenters. The van der Waals surface area contributed by atoms with E-state index in [9.17, 15) is 5.26 Å². The minimum absolute atomic E-state index is 0.0537. The molecule has 0 atom stereocenters. The first-order valence-corrected chi connectivity index (χ1v) is 7.52. The lowest BCUT2D eigenvalue weighted by Crippen LogP contribution is -2.35. The van der Waals surface area contributed by atoms with Crippen LogP contribution in [0.4, 0.5) is 0 Å². The van der Waals surface area contributed by atoms with Crippen LogP contribution in [0, 0.1) is 11.3 Å². The zero-order valence-electron chi connectivity index (χ0n) is 12.4. The first-order chi connectivity index (χ1) is 9.98. The van der Waals surface area contributed by atoms with Gasteiger partial charge in [-0.3, -0.25) is 0 Å². The van der Waals surface area contributed by atoms with Gasteiger partial charge in [0.1, 0.15) is 6.07 Å². The van der Waals surface area contributed by atoms with E-state index in [2.05, 4.69) is 42.1 Å². The third-order valence-corrected chi connectivity index (χ3v) is 3.70. The molecule has 1 N–H and O–H groups in total. The monoisotopic (exact) mass is 298 g/mol. The second-order valence-corrected chi connectivity index (χ2v) is 6.69. The summed E-state index contributed by atoms with van der Waals surface area (Å²) in [7, 11) is 0. The Kier molecular flexibility index (Phi) is 4.94. The van der Waals surface area contributed by atoms with Crippen LogP contribution in [-0.2, 0) is 6.54 Å². The molecule has 108 valence electrons. The van der Waals surface area contributed by atoms with Crippen LogP contribution in [0.15, 0.2) is 46.7 Å². The second kappa shape index (κ2) is 6.70. The van der Waals surface area contributed by atoms with E-state index in [0.717, 1.165) is 17.0 Å². The molecule has 0 fully saturated rings. The zero-order valence-corrected chi connectivity index (χ0v) is 13.2. The molecule has 0 bridgehead atoms. The van der Waals surface area contributed by atoms with Gasteiger partial charge in [-0.1, -0.05) is 6.07 Å². The van der Waals surface area contributed by atoms with Crippen molar-refractivity contribution in [3.63, 3.8) is 0 Å². The largest absolute Gasteiger partial charge is 0.308 e. The van der Waals surface area contributed by atoms with Crippen LogP contribution < -0.4 is 5.32 Å². The molecule has 0 spiro atoms. The summed E-state index contributed by atoms with van der Waals surface area (Å²) in [6.07, 6.45) is 3.39. The van der Waals surface area contributed by atoms with Gasteiger partial charge in [0.15, 0.2) is 5.16 Å². The molecular weight excluding hydrogens is 280 g/mol. The third kappa shape index (κ3) is 4.85. The molecule has 1 heterocycles. The lowest BCUT2D eigenvalue weighted by molar-refractivity contribution is 0.424. The highest BCUT2D eigenvalue weighted by Crippen LogP contribution is 2.28. The highest BCUT2D eigenvalue weighted by atomic mass is 32.2. The van der Waals surface area contributed by atoms with E-state index in [-0.39, 0.29) is 5.54 Å². The third-order valence-electron chi connectivity index (χ3n) is 2.73. The SMILES string of the molecule is CC(C)(C)NCc1ccc(Sc2ncccn2)c(C#N)c1. The van der Waals surface area contributed by atoms with Crippen LogP contribution in [-0.4, -0.2) is 15.5 Å². The van der Waals surface area contributed by atoms with Gasteiger partial charge in [-0.25, -0.2) is 9.97 Å². The highest BCUT2D eigenvalue weighted by molar-refractivity contribution is 7.99. The summed E-state index contributed by atoms with van der Waals surface area (Å²) in [5.41, 5.74) is 1.80. The van der Waals surface area contributed by atoms with Crippen LogP contribution in [0.2, 0.25) is 0 Å². The number of nitrogens with one attached hydrogen (secondary N) is 1. The van der Waals surface area contributed by atoms with Gasteiger partial charge in [-0.2, -0.15) is 5.26 Å². The minimum atomic E-state index is 0.0537. The average molecular weight is 298 g/mol. The highest BCUT2D eigenvalue weighted by Gasteiger charge is 2.11. The lowest BCUT2D eigenvalue weighted by atomic mass is 10.1. The number of rotatable bonds is 4. The molecule has 21 heavy (non-hydrogen) atoms. The second-order valence-electron chi connectivity index (χ2n) is 5.68. The molecule has 2 rings (SSSR count). The molecule has 2 aromatic rings. The van der Waals surface area contributed by atoms with E-state index in [1.165, 1.54) is 11.8 Å². The van der Waals surface area contributed by atoms with E-state index >= 15 is 0 Å². The van der Waals surface area contributed by atoms with Crippen molar-refractivity contribution in [2.75, 3.05) is 0 Å². The molecule has 0 saturated heterocycles. The predicted octanol–water partition coefficient (Wildman–Crippen LogP) is 3.39. The first-order valence-electron chi connectivity index (χ1n) is 6.71. The summed E-state index contributed by atoms with van der Waals surface area (Å²) in [5.74, 6) is 0. The molecule has 5 heteroatoms. The Morgan fingerprint density at radius 2 is 1.95 bits per heavy atom. The number of aromatic nitrogens is 2. The van der Waals surface area contributed by atoms with Gasteiger partial charge in [0.25, 0.3) is 0 Å². The van der Waals surface area contributed by atoms with Crippen molar-refractivity contribution in [1.82, 2.24) is 15.3 Å². The van der Waals surface area contributed by atoms with Crippen LogP contribution in [0.25, 0.3) is 0 Å². The summed E-state index contributed by atoms with van der Waals surface area (Å²) >= 11 is 1.41. The molecule has 0 aliphatic rings. The molecule has 0 amide bonds. The summed E-state index contributed by atoms with van der Waals surface area (Å²) in [6, 6.07) is 9.93. The molecular formula is C16H18N4S. The minimum Gasteiger partial charge on any atom is -0.308 e. The van der Waals surface area contributed by atoms with E-state index in [1.807, 2.05) is 18.2 Å². The average Bonchev–Trinajstić information content (AvgIpc) is 2.46. The van der Waals surface area contributed by atoms with E-state index < -0.39 is 0 Å².